The van der Waals surface area contributed by atoms with Crippen molar-refractivity contribution in [1.29, 1.82) is 0 Å². The molecule has 1 aliphatic rings. The van der Waals surface area contributed by atoms with Gasteiger partial charge in [0.1, 0.15) is 5.82 Å². The molecule has 0 radical (unpaired) electrons. The molecular formula is C15H16FN5OS2. The molecule has 1 aromatic heterocycles. The highest BCUT2D eigenvalue weighted by Crippen LogP contribution is 2.24. The molecule has 9 heteroatoms. The number of benzene rings is 1. The van der Waals surface area contributed by atoms with Gasteiger partial charge in [-0.1, -0.05) is 35.7 Å². The molecule has 0 fully saturated rings. The Kier molecular flexibility index (Phi) is 5.52. The molecule has 1 amide bonds. The number of aromatic nitrogens is 3. The molecule has 0 unspecified atom stereocenters. The van der Waals surface area contributed by atoms with Gasteiger partial charge in [-0.05, 0) is 19.1 Å². The van der Waals surface area contributed by atoms with Crippen LogP contribution in [0.2, 0.25) is 0 Å². The van der Waals surface area contributed by atoms with E-state index in [0.717, 1.165) is 12.3 Å². The molecule has 0 spiro atoms. The summed E-state index contributed by atoms with van der Waals surface area (Å²) in [6.45, 7) is 3.33. The smallest absolute Gasteiger partial charge is 0.236 e. The van der Waals surface area contributed by atoms with Gasteiger partial charge in [0.25, 0.3) is 0 Å². The Labute approximate surface area is 147 Å². The molecule has 6 nitrogen and oxygen atoms in total. The number of halogens is 1. The third-order valence-corrected chi connectivity index (χ3v) is 5.14. The third-order valence-electron chi connectivity index (χ3n) is 3.28. The van der Waals surface area contributed by atoms with Crippen LogP contribution in [0.3, 0.4) is 0 Å². The fraction of sp³-hybridized carbons (Fsp3) is 0.333. The maximum Gasteiger partial charge on any atom is 0.236 e. The Morgan fingerprint density at radius 3 is 3.04 bits per heavy atom. The van der Waals surface area contributed by atoms with E-state index in [1.54, 1.807) is 23.9 Å². The van der Waals surface area contributed by atoms with Crippen molar-refractivity contribution in [3.05, 3.63) is 30.1 Å². The van der Waals surface area contributed by atoms with Gasteiger partial charge in [0.2, 0.25) is 5.91 Å². The first kappa shape index (κ1) is 17.0. The van der Waals surface area contributed by atoms with Crippen LogP contribution in [0.15, 0.2) is 34.4 Å². The second kappa shape index (κ2) is 7.80. The van der Waals surface area contributed by atoms with Crippen molar-refractivity contribution in [3.63, 3.8) is 0 Å². The van der Waals surface area contributed by atoms with Gasteiger partial charge >= 0.3 is 0 Å². The van der Waals surface area contributed by atoms with Crippen molar-refractivity contribution < 1.29 is 9.18 Å². The third kappa shape index (κ3) is 3.96. The number of amidine groups is 1. The lowest BCUT2D eigenvalue weighted by Gasteiger charge is -2.07. The van der Waals surface area contributed by atoms with Crippen LogP contribution in [0, 0.1) is 5.82 Å². The van der Waals surface area contributed by atoms with Gasteiger partial charge in [-0.25, -0.2) is 4.39 Å². The lowest BCUT2D eigenvalue weighted by molar-refractivity contribution is -0.117. The number of carbonyl (C=O) groups is 1. The summed E-state index contributed by atoms with van der Waals surface area (Å²) in [6.07, 6.45) is 0. The van der Waals surface area contributed by atoms with E-state index in [4.69, 9.17) is 0 Å². The largest absolute Gasteiger partial charge is 0.305 e. The van der Waals surface area contributed by atoms with Crippen LogP contribution in [0.5, 0.6) is 0 Å². The molecule has 1 aliphatic heterocycles. The molecule has 3 rings (SSSR count). The molecule has 24 heavy (non-hydrogen) atoms. The quantitative estimate of drug-likeness (QED) is 0.824. The predicted octanol–water partition coefficient (Wildman–Crippen LogP) is 2.42. The monoisotopic (exact) mass is 365 g/mol. The number of carbonyl (C=O) groups excluding carboxylic acids is 1. The fourth-order valence-corrected chi connectivity index (χ4v) is 3.76. The average molecular weight is 365 g/mol. The zero-order valence-corrected chi connectivity index (χ0v) is 14.7. The Hall–Kier alpha value is -1.87. The van der Waals surface area contributed by atoms with Crippen LogP contribution in [-0.2, 0) is 11.3 Å². The molecule has 0 saturated carbocycles. The number of rotatable bonds is 5. The minimum atomic E-state index is -0.318. The standard InChI is InChI=1S/C15H16FN5OS2/c1-2-21-13(10-4-3-5-11(16)8-10)19-20-15(21)24-9-12(22)18-14-17-6-7-23-14/h3-5,8H,2,6-7,9H2,1H3,(H,17,18,22). The number of nitrogens with one attached hydrogen (secondary N) is 1. The maximum atomic E-state index is 13.4. The highest BCUT2D eigenvalue weighted by Gasteiger charge is 2.16. The zero-order valence-electron chi connectivity index (χ0n) is 13.0. The Morgan fingerprint density at radius 1 is 1.46 bits per heavy atom. The lowest BCUT2D eigenvalue weighted by Crippen LogP contribution is -2.29. The molecule has 126 valence electrons. The van der Waals surface area contributed by atoms with Crippen LogP contribution in [-0.4, -0.2) is 43.9 Å². The molecule has 0 aliphatic carbocycles. The highest BCUT2D eigenvalue weighted by atomic mass is 32.2. The van der Waals surface area contributed by atoms with E-state index in [-0.39, 0.29) is 17.5 Å². The molecule has 1 aromatic carbocycles. The van der Waals surface area contributed by atoms with Crippen molar-refractivity contribution in [3.8, 4) is 11.4 Å². The number of aliphatic imine (C=N–C) groups is 1. The number of hydrogen-bond donors (Lipinski definition) is 1. The van der Waals surface area contributed by atoms with Crippen molar-refractivity contribution in [2.45, 2.75) is 18.6 Å². The first-order valence-electron chi connectivity index (χ1n) is 7.46. The number of nitrogens with zero attached hydrogens (tertiary/aromatic N) is 4. The summed E-state index contributed by atoms with van der Waals surface area (Å²) >= 11 is 2.84. The topological polar surface area (TPSA) is 72.2 Å². The first-order chi connectivity index (χ1) is 11.7. The van der Waals surface area contributed by atoms with E-state index in [0.29, 0.717) is 28.3 Å². The molecule has 1 N–H and O–H groups in total. The molecular weight excluding hydrogens is 349 g/mol. The Balaban J connectivity index is 1.69. The van der Waals surface area contributed by atoms with E-state index in [1.807, 2.05) is 11.5 Å². The summed E-state index contributed by atoms with van der Waals surface area (Å²) in [7, 11) is 0. The Bertz CT molecular complexity index is 777. The fourth-order valence-electron chi connectivity index (χ4n) is 2.22. The molecule has 0 atom stereocenters. The molecule has 0 saturated heterocycles. The van der Waals surface area contributed by atoms with Gasteiger partial charge < -0.3 is 9.88 Å². The highest BCUT2D eigenvalue weighted by molar-refractivity contribution is 8.14. The molecule has 0 bridgehead atoms. The van der Waals surface area contributed by atoms with E-state index in [1.165, 1.54) is 23.9 Å². The van der Waals surface area contributed by atoms with Crippen molar-refractivity contribution in [1.82, 2.24) is 20.1 Å². The SMILES string of the molecule is CCn1c(SCC(=O)NC2=NCCS2)nnc1-c1cccc(F)c1. The van der Waals surface area contributed by atoms with E-state index < -0.39 is 0 Å². The van der Waals surface area contributed by atoms with Gasteiger partial charge in [-0.3, -0.25) is 9.79 Å². The van der Waals surface area contributed by atoms with Gasteiger partial charge in [0.15, 0.2) is 16.1 Å². The van der Waals surface area contributed by atoms with Crippen LogP contribution in [0.25, 0.3) is 11.4 Å². The lowest BCUT2D eigenvalue weighted by atomic mass is 10.2. The van der Waals surface area contributed by atoms with Crippen LogP contribution >= 0.6 is 23.5 Å². The molecule has 2 aromatic rings. The summed E-state index contributed by atoms with van der Waals surface area (Å²) in [6, 6.07) is 6.24. The minimum Gasteiger partial charge on any atom is -0.305 e. The van der Waals surface area contributed by atoms with Gasteiger partial charge in [-0.2, -0.15) is 0 Å². The first-order valence-corrected chi connectivity index (χ1v) is 9.43. The van der Waals surface area contributed by atoms with Gasteiger partial charge in [0.05, 0.1) is 12.3 Å². The van der Waals surface area contributed by atoms with Crippen LogP contribution in [0.4, 0.5) is 4.39 Å². The minimum absolute atomic E-state index is 0.119. The van der Waals surface area contributed by atoms with E-state index >= 15 is 0 Å². The number of hydrogen-bond acceptors (Lipinski definition) is 6. The predicted molar refractivity (Wildman–Crippen MR) is 94.7 cm³/mol. The average Bonchev–Trinajstić information content (AvgIpc) is 3.21. The summed E-state index contributed by atoms with van der Waals surface area (Å²) in [5.74, 6) is 1.29. The second-order valence-corrected chi connectivity index (χ2v) is 6.96. The summed E-state index contributed by atoms with van der Waals surface area (Å²) < 4.78 is 15.3. The van der Waals surface area contributed by atoms with Gasteiger partial charge in [0, 0.05) is 17.9 Å². The van der Waals surface area contributed by atoms with Crippen molar-refractivity contribution >= 4 is 34.6 Å². The number of thioether (sulfide) groups is 2. The van der Waals surface area contributed by atoms with Crippen LogP contribution < -0.4 is 5.32 Å². The van der Waals surface area contributed by atoms with Crippen molar-refractivity contribution in [2.75, 3.05) is 18.1 Å². The normalized spacial score (nSPS) is 13.8. The van der Waals surface area contributed by atoms with E-state index in [2.05, 4.69) is 20.5 Å². The Morgan fingerprint density at radius 2 is 2.33 bits per heavy atom. The maximum absolute atomic E-state index is 13.4. The van der Waals surface area contributed by atoms with Gasteiger partial charge in [-0.15, -0.1) is 10.2 Å². The molecule has 2 heterocycles. The summed E-state index contributed by atoms with van der Waals surface area (Å²) in [5, 5.41) is 12.4. The van der Waals surface area contributed by atoms with Crippen LogP contribution in [0.1, 0.15) is 6.92 Å². The number of amides is 1. The summed E-state index contributed by atoms with van der Waals surface area (Å²) in [5.41, 5.74) is 0.664. The zero-order chi connectivity index (χ0) is 16.9. The second-order valence-electron chi connectivity index (χ2n) is 4.93. The summed E-state index contributed by atoms with van der Waals surface area (Å²) in [4.78, 5) is 16.1. The van der Waals surface area contributed by atoms with Crippen molar-refractivity contribution in [2.24, 2.45) is 4.99 Å². The van der Waals surface area contributed by atoms with E-state index in [9.17, 15) is 9.18 Å².